The molecule has 0 radical (unpaired) electrons. The molecule has 1 aromatic carbocycles. The van der Waals surface area contributed by atoms with Crippen molar-refractivity contribution in [2.75, 3.05) is 5.32 Å². The topological polar surface area (TPSA) is 122 Å². The molecule has 0 aromatic heterocycles. The second kappa shape index (κ2) is 10.5. The first-order chi connectivity index (χ1) is 7.82. The summed E-state index contributed by atoms with van der Waals surface area (Å²) < 4.78 is 0. The molecule has 0 aliphatic heterocycles. The molecule has 0 aliphatic rings. The summed E-state index contributed by atoms with van der Waals surface area (Å²) in [5, 5.41) is 28.0. The number of rotatable bonds is 2. The van der Waals surface area contributed by atoms with Crippen LogP contribution in [-0.4, -0.2) is 76.9 Å². The summed E-state index contributed by atoms with van der Waals surface area (Å²) in [6.07, 6.45) is 0. The Morgan fingerprint density at radius 2 is 1.89 bits per heavy atom. The van der Waals surface area contributed by atoms with E-state index in [0.717, 1.165) is 0 Å². The number of benzene rings is 1. The van der Waals surface area contributed by atoms with Gasteiger partial charge in [0, 0.05) is 17.8 Å². The summed E-state index contributed by atoms with van der Waals surface area (Å²) in [4.78, 5) is 9.80. The number of hydrogen-bond acceptors (Lipinski definition) is 4. The van der Waals surface area contributed by atoms with Crippen molar-refractivity contribution < 1.29 is 15.1 Å². The van der Waals surface area contributed by atoms with Gasteiger partial charge in [-0.3, -0.25) is 10.1 Å². The van der Waals surface area contributed by atoms with Crippen LogP contribution >= 0.6 is 24.4 Å². The fourth-order valence-electron chi connectivity index (χ4n) is 0.821. The zero-order valence-electron chi connectivity index (χ0n) is 8.36. The number of nitro groups is 1. The van der Waals surface area contributed by atoms with Crippen molar-refractivity contribution in [2.45, 2.75) is 0 Å². The molecule has 1 rings (SSSR count). The SMILES string of the molecule is NC(O)=S.O=[N+]([O-])c1cccc(NC(O)=S)c1.[KH]. The van der Waals surface area contributed by atoms with E-state index >= 15 is 0 Å². The van der Waals surface area contributed by atoms with Gasteiger partial charge in [-0.1, -0.05) is 6.07 Å². The minimum atomic E-state index is -0.522. The number of non-ortho nitro benzene ring substituents is 1. The maximum absolute atomic E-state index is 10.3. The van der Waals surface area contributed by atoms with Gasteiger partial charge in [-0.25, -0.2) is 0 Å². The average molecular weight is 315 g/mol. The number of nitrogens with zero attached hydrogens (tertiary/aromatic N) is 1. The van der Waals surface area contributed by atoms with Gasteiger partial charge in [-0.15, -0.1) is 0 Å². The Bertz CT molecular complexity index is 440. The van der Waals surface area contributed by atoms with Gasteiger partial charge in [-0.2, -0.15) is 0 Å². The van der Waals surface area contributed by atoms with Gasteiger partial charge in [0.25, 0.3) is 16.0 Å². The molecule has 0 fully saturated rings. The van der Waals surface area contributed by atoms with Crippen LogP contribution in [0, 0.1) is 10.1 Å². The predicted octanol–water partition coefficient (Wildman–Crippen LogP) is 0.989. The summed E-state index contributed by atoms with van der Waals surface area (Å²) in [6.45, 7) is 0. The molecule has 10 heteroatoms. The minimum absolute atomic E-state index is 0. The quantitative estimate of drug-likeness (QED) is 0.276. The van der Waals surface area contributed by atoms with Crippen molar-refractivity contribution in [2.24, 2.45) is 5.73 Å². The van der Waals surface area contributed by atoms with Crippen LogP contribution in [0.5, 0.6) is 0 Å². The first-order valence-corrected chi connectivity index (χ1v) is 4.87. The van der Waals surface area contributed by atoms with E-state index in [1.165, 1.54) is 18.2 Å². The predicted molar refractivity (Wildman–Crippen MR) is 78.5 cm³/mol. The van der Waals surface area contributed by atoms with Crippen molar-refractivity contribution in [3.8, 4) is 0 Å². The number of nitrogens with two attached hydrogens (primary N) is 1. The first-order valence-electron chi connectivity index (χ1n) is 4.05. The molecule has 0 amide bonds. The van der Waals surface area contributed by atoms with Crippen LogP contribution in [0.1, 0.15) is 0 Å². The Morgan fingerprint density at radius 1 is 1.39 bits per heavy atom. The molecule has 0 spiro atoms. The van der Waals surface area contributed by atoms with Crippen molar-refractivity contribution in [3.05, 3.63) is 34.4 Å². The molecule has 94 valence electrons. The van der Waals surface area contributed by atoms with Crippen molar-refractivity contribution >= 4 is 97.5 Å². The Labute approximate surface area is 156 Å². The molecular weight excluding hydrogens is 305 g/mol. The van der Waals surface area contributed by atoms with E-state index in [4.69, 9.17) is 10.2 Å². The second-order valence-corrected chi connectivity index (χ2v) is 3.38. The number of thiocarbonyl (C=S) groups is 2. The Balaban J connectivity index is 0. The zero-order valence-corrected chi connectivity index (χ0v) is 9.99. The number of nitrogens with one attached hydrogen (secondary N) is 1. The van der Waals surface area contributed by atoms with Gasteiger partial charge in [0.1, 0.15) is 0 Å². The fraction of sp³-hybridized carbons (Fsp3) is 0. The summed E-state index contributed by atoms with van der Waals surface area (Å²) in [7, 11) is 0. The van der Waals surface area contributed by atoms with Crippen molar-refractivity contribution in [3.63, 3.8) is 0 Å². The third-order valence-corrected chi connectivity index (χ3v) is 1.41. The maximum atomic E-state index is 10.3. The van der Waals surface area contributed by atoms with Crippen molar-refractivity contribution in [1.29, 1.82) is 0 Å². The number of aliphatic hydroxyl groups excluding tert-OH is 2. The van der Waals surface area contributed by atoms with Crippen LogP contribution in [0.4, 0.5) is 11.4 Å². The van der Waals surface area contributed by atoms with Gasteiger partial charge in [0.05, 0.1) is 4.92 Å². The molecule has 18 heavy (non-hydrogen) atoms. The normalized spacial score (nSPS) is 8.00. The molecule has 0 aliphatic carbocycles. The standard InChI is InChI=1S/C7H6N2O3S.CH3NOS.K.H/c10-7(13)8-5-2-1-3-6(4-5)9(11)12;2-1(3)4;;/h1-4H,(H2,8,10,13);(H3,2,3,4);;. The van der Waals surface area contributed by atoms with Crippen LogP contribution in [0.15, 0.2) is 24.3 Å². The average Bonchev–Trinajstić information content (AvgIpc) is 2.16. The van der Waals surface area contributed by atoms with Gasteiger partial charge >= 0.3 is 51.4 Å². The van der Waals surface area contributed by atoms with E-state index in [9.17, 15) is 10.1 Å². The number of aliphatic hydroxyl groups is 2. The molecular formula is C8H10KN3O4S2. The summed E-state index contributed by atoms with van der Waals surface area (Å²) in [5.74, 6) is 0. The third-order valence-electron chi connectivity index (χ3n) is 1.31. The summed E-state index contributed by atoms with van der Waals surface area (Å²) in [6, 6.07) is 5.70. The molecule has 0 saturated carbocycles. The zero-order chi connectivity index (χ0) is 13.4. The summed E-state index contributed by atoms with van der Waals surface area (Å²) in [5.41, 5.74) is 4.73. The molecule has 7 nitrogen and oxygen atoms in total. The van der Waals surface area contributed by atoms with Crippen LogP contribution in [0.2, 0.25) is 0 Å². The van der Waals surface area contributed by atoms with Gasteiger partial charge in [0.15, 0.2) is 0 Å². The molecule has 0 unspecified atom stereocenters. The van der Waals surface area contributed by atoms with Crippen LogP contribution in [-0.2, 0) is 0 Å². The van der Waals surface area contributed by atoms with Gasteiger partial charge in [0.2, 0.25) is 0 Å². The molecule has 1 aromatic rings. The number of nitro benzene ring substituents is 1. The Kier molecular flexibility index (Phi) is 11.7. The second-order valence-electron chi connectivity index (χ2n) is 2.58. The van der Waals surface area contributed by atoms with E-state index in [-0.39, 0.29) is 57.1 Å². The molecule has 0 heterocycles. The van der Waals surface area contributed by atoms with Gasteiger partial charge in [-0.05, 0) is 30.5 Å². The molecule has 0 bridgehead atoms. The third kappa shape index (κ3) is 10.8. The van der Waals surface area contributed by atoms with E-state index in [2.05, 4.69) is 35.5 Å². The van der Waals surface area contributed by atoms with Gasteiger partial charge < -0.3 is 21.3 Å². The van der Waals surface area contributed by atoms with Crippen LogP contribution in [0.3, 0.4) is 0 Å². The first kappa shape index (κ1) is 20.0. The Morgan fingerprint density at radius 3 is 2.28 bits per heavy atom. The monoisotopic (exact) mass is 315 g/mol. The molecule has 0 saturated heterocycles. The van der Waals surface area contributed by atoms with E-state index in [1.807, 2.05) is 0 Å². The number of anilines is 1. The van der Waals surface area contributed by atoms with E-state index < -0.39 is 15.3 Å². The van der Waals surface area contributed by atoms with Crippen LogP contribution in [0.25, 0.3) is 0 Å². The van der Waals surface area contributed by atoms with E-state index in [0.29, 0.717) is 5.69 Å². The van der Waals surface area contributed by atoms with Crippen LogP contribution < -0.4 is 11.1 Å². The number of hydrogen-bond donors (Lipinski definition) is 4. The fourth-order valence-corrected chi connectivity index (χ4v) is 0.939. The van der Waals surface area contributed by atoms with Crippen molar-refractivity contribution in [1.82, 2.24) is 0 Å². The Hall–Kier alpha value is -0.364. The molecule has 0 atom stereocenters. The molecule has 5 N–H and O–H groups in total. The van der Waals surface area contributed by atoms with E-state index in [1.54, 1.807) is 6.07 Å². The summed E-state index contributed by atoms with van der Waals surface area (Å²) >= 11 is 8.23.